The van der Waals surface area contributed by atoms with E-state index in [0.717, 1.165) is 11.5 Å². The molecule has 1 aromatic heterocycles. The molecule has 2 N–H and O–H groups in total. The molecule has 1 amide bonds. The predicted molar refractivity (Wildman–Crippen MR) is 115 cm³/mol. The number of nitrogens with one attached hydrogen (secondary N) is 2. The third-order valence-corrected chi connectivity index (χ3v) is 4.83. The number of aromatic nitrogens is 1. The summed E-state index contributed by atoms with van der Waals surface area (Å²) < 4.78 is 39.3. The lowest BCUT2D eigenvalue weighted by atomic mass is 10.1. The van der Waals surface area contributed by atoms with Crippen molar-refractivity contribution in [3.05, 3.63) is 102 Å². The van der Waals surface area contributed by atoms with Gasteiger partial charge in [-0.3, -0.25) is 9.78 Å². The second-order valence-electron chi connectivity index (χ2n) is 6.92. The third kappa shape index (κ3) is 4.66. The zero-order chi connectivity index (χ0) is 21.8. The molecule has 0 fully saturated rings. The number of amides is 1. The van der Waals surface area contributed by atoms with Crippen LogP contribution in [0.4, 0.5) is 24.5 Å². The number of anilines is 2. The van der Waals surface area contributed by atoms with E-state index in [2.05, 4.69) is 15.6 Å². The normalized spacial score (nSPS) is 11.3. The van der Waals surface area contributed by atoms with Gasteiger partial charge in [0.05, 0.1) is 16.8 Å². The van der Waals surface area contributed by atoms with Gasteiger partial charge >= 0.3 is 6.18 Å². The van der Waals surface area contributed by atoms with Crippen LogP contribution in [0.1, 0.15) is 21.5 Å². The van der Waals surface area contributed by atoms with Gasteiger partial charge in [0, 0.05) is 29.4 Å². The molecule has 0 aliphatic carbocycles. The van der Waals surface area contributed by atoms with E-state index in [-0.39, 0.29) is 18.0 Å². The van der Waals surface area contributed by atoms with E-state index in [1.807, 2.05) is 24.3 Å². The molecule has 0 bridgehead atoms. The summed E-state index contributed by atoms with van der Waals surface area (Å²) in [7, 11) is 0. The topological polar surface area (TPSA) is 54.0 Å². The zero-order valence-corrected chi connectivity index (χ0v) is 16.3. The summed E-state index contributed by atoms with van der Waals surface area (Å²) in [6.07, 6.45) is -2.74. The van der Waals surface area contributed by atoms with Crippen molar-refractivity contribution in [2.45, 2.75) is 12.7 Å². The van der Waals surface area contributed by atoms with Gasteiger partial charge in [-0.1, -0.05) is 36.4 Å². The molecule has 0 aliphatic rings. The fraction of sp³-hybridized carbons (Fsp3) is 0.0833. The summed E-state index contributed by atoms with van der Waals surface area (Å²) in [4.78, 5) is 16.9. The van der Waals surface area contributed by atoms with Crippen LogP contribution in [0.3, 0.4) is 0 Å². The first-order chi connectivity index (χ1) is 14.9. The Kier molecular flexibility index (Phi) is 5.58. The highest BCUT2D eigenvalue weighted by atomic mass is 19.4. The fourth-order valence-corrected chi connectivity index (χ4v) is 3.29. The maximum atomic E-state index is 13.1. The van der Waals surface area contributed by atoms with Gasteiger partial charge in [0.1, 0.15) is 0 Å². The standard InChI is InChI=1S/C24H18F3N3O/c25-24(26,27)20-8-2-1-5-18(20)15-29-19-12-10-17(11-13-19)23(31)30-21-9-3-6-16-7-4-14-28-22(16)21/h1-14,29H,15H2,(H,30,31). The molecule has 0 unspecified atom stereocenters. The van der Waals surface area contributed by atoms with Crippen LogP contribution in [-0.4, -0.2) is 10.9 Å². The van der Waals surface area contributed by atoms with Crippen LogP contribution in [0.15, 0.2) is 85.1 Å². The Morgan fingerprint density at radius 1 is 0.871 bits per heavy atom. The molecule has 0 radical (unpaired) electrons. The average Bonchev–Trinajstić information content (AvgIpc) is 2.78. The first-order valence-electron chi connectivity index (χ1n) is 9.56. The summed E-state index contributed by atoms with van der Waals surface area (Å²) in [6.45, 7) is 0.0168. The van der Waals surface area contributed by atoms with Crippen molar-refractivity contribution in [3.8, 4) is 0 Å². The number of alkyl halides is 3. The zero-order valence-electron chi connectivity index (χ0n) is 16.3. The van der Waals surface area contributed by atoms with Gasteiger partial charge in [-0.25, -0.2) is 0 Å². The number of pyridine rings is 1. The molecular formula is C24H18F3N3O. The van der Waals surface area contributed by atoms with E-state index >= 15 is 0 Å². The summed E-state index contributed by atoms with van der Waals surface area (Å²) in [5.41, 5.74) is 1.83. The number of nitrogens with zero attached hydrogens (tertiary/aromatic N) is 1. The molecule has 0 aliphatic heterocycles. The monoisotopic (exact) mass is 421 g/mol. The van der Waals surface area contributed by atoms with E-state index in [4.69, 9.17) is 0 Å². The maximum Gasteiger partial charge on any atom is 0.416 e. The van der Waals surface area contributed by atoms with Crippen LogP contribution >= 0.6 is 0 Å². The highest BCUT2D eigenvalue weighted by Crippen LogP contribution is 2.32. The van der Waals surface area contributed by atoms with Crippen molar-refractivity contribution in [3.63, 3.8) is 0 Å². The largest absolute Gasteiger partial charge is 0.416 e. The third-order valence-electron chi connectivity index (χ3n) is 4.83. The molecule has 4 rings (SSSR count). The average molecular weight is 421 g/mol. The number of halogens is 3. The minimum Gasteiger partial charge on any atom is -0.381 e. The number of rotatable bonds is 5. The van der Waals surface area contributed by atoms with E-state index in [0.29, 0.717) is 22.5 Å². The van der Waals surface area contributed by atoms with Crippen molar-refractivity contribution in [2.24, 2.45) is 0 Å². The van der Waals surface area contributed by atoms with Crippen LogP contribution in [0.25, 0.3) is 10.9 Å². The number of carbonyl (C=O) groups is 1. The summed E-state index contributed by atoms with van der Waals surface area (Å²) in [5.74, 6) is -0.299. The van der Waals surface area contributed by atoms with E-state index in [1.165, 1.54) is 12.1 Å². The molecule has 1 heterocycles. The lowest BCUT2D eigenvalue weighted by Gasteiger charge is -2.14. The van der Waals surface area contributed by atoms with Crippen LogP contribution in [0, 0.1) is 0 Å². The summed E-state index contributed by atoms with van der Waals surface area (Å²) >= 11 is 0. The molecule has 0 atom stereocenters. The molecule has 31 heavy (non-hydrogen) atoms. The Morgan fingerprint density at radius 2 is 1.61 bits per heavy atom. The highest BCUT2D eigenvalue weighted by molar-refractivity contribution is 6.08. The Balaban J connectivity index is 1.44. The Bertz CT molecular complexity index is 1220. The van der Waals surface area contributed by atoms with E-state index < -0.39 is 11.7 Å². The number of para-hydroxylation sites is 1. The molecule has 3 aromatic carbocycles. The molecule has 0 spiro atoms. The number of benzene rings is 3. The number of hydrogen-bond donors (Lipinski definition) is 2. The fourth-order valence-electron chi connectivity index (χ4n) is 3.29. The van der Waals surface area contributed by atoms with Gasteiger partial charge in [0.15, 0.2) is 0 Å². The molecule has 7 heteroatoms. The van der Waals surface area contributed by atoms with Gasteiger partial charge in [-0.05, 0) is 48.0 Å². The summed E-state index contributed by atoms with van der Waals surface area (Å²) in [5, 5.41) is 6.74. The van der Waals surface area contributed by atoms with Gasteiger partial charge in [-0.2, -0.15) is 13.2 Å². The smallest absolute Gasteiger partial charge is 0.381 e. The van der Waals surface area contributed by atoms with Crippen molar-refractivity contribution < 1.29 is 18.0 Å². The minimum absolute atomic E-state index is 0.0168. The molecule has 0 saturated heterocycles. The first kappa shape index (κ1) is 20.4. The SMILES string of the molecule is O=C(Nc1cccc2cccnc12)c1ccc(NCc2ccccc2C(F)(F)F)cc1. The van der Waals surface area contributed by atoms with Crippen LogP contribution in [0.2, 0.25) is 0 Å². The second kappa shape index (κ2) is 8.47. The maximum absolute atomic E-state index is 13.1. The van der Waals surface area contributed by atoms with Crippen molar-refractivity contribution in [1.82, 2.24) is 4.98 Å². The molecule has 0 saturated carbocycles. The van der Waals surface area contributed by atoms with Crippen molar-refractivity contribution in [2.75, 3.05) is 10.6 Å². The van der Waals surface area contributed by atoms with Crippen LogP contribution in [0.5, 0.6) is 0 Å². The molecule has 156 valence electrons. The number of carbonyl (C=O) groups excluding carboxylic acids is 1. The second-order valence-corrected chi connectivity index (χ2v) is 6.92. The number of hydrogen-bond acceptors (Lipinski definition) is 3. The Labute approximate surface area is 176 Å². The first-order valence-corrected chi connectivity index (χ1v) is 9.56. The molecule has 4 aromatic rings. The quantitative estimate of drug-likeness (QED) is 0.408. The minimum atomic E-state index is -4.41. The van der Waals surface area contributed by atoms with Gasteiger partial charge in [0.2, 0.25) is 0 Å². The van der Waals surface area contributed by atoms with E-state index in [9.17, 15) is 18.0 Å². The Morgan fingerprint density at radius 3 is 2.39 bits per heavy atom. The molecular weight excluding hydrogens is 403 g/mol. The lowest BCUT2D eigenvalue weighted by molar-refractivity contribution is -0.138. The van der Waals surface area contributed by atoms with Gasteiger partial charge in [-0.15, -0.1) is 0 Å². The van der Waals surface area contributed by atoms with Crippen LogP contribution in [-0.2, 0) is 12.7 Å². The van der Waals surface area contributed by atoms with Crippen LogP contribution < -0.4 is 10.6 Å². The van der Waals surface area contributed by atoms with E-state index in [1.54, 1.807) is 42.6 Å². The van der Waals surface area contributed by atoms with Crippen molar-refractivity contribution in [1.29, 1.82) is 0 Å². The number of fused-ring (bicyclic) bond motifs is 1. The summed E-state index contributed by atoms with van der Waals surface area (Å²) in [6, 6.07) is 21.3. The Hall–Kier alpha value is -3.87. The van der Waals surface area contributed by atoms with Gasteiger partial charge < -0.3 is 10.6 Å². The van der Waals surface area contributed by atoms with Crippen molar-refractivity contribution >= 4 is 28.2 Å². The molecule has 4 nitrogen and oxygen atoms in total. The van der Waals surface area contributed by atoms with Gasteiger partial charge in [0.25, 0.3) is 5.91 Å². The lowest BCUT2D eigenvalue weighted by Crippen LogP contribution is -2.13. The highest BCUT2D eigenvalue weighted by Gasteiger charge is 2.32. The predicted octanol–water partition coefficient (Wildman–Crippen LogP) is 6.12.